The average Bonchev–Trinajstić information content (AvgIpc) is 2.80. The molecule has 0 aliphatic heterocycles. The summed E-state index contributed by atoms with van der Waals surface area (Å²) in [5.74, 6) is -0.0866. The van der Waals surface area contributed by atoms with E-state index in [0.717, 1.165) is 21.1 Å². The molecule has 0 spiro atoms. The minimum absolute atomic E-state index is 0.0866. The lowest BCUT2D eigenvalue weighted by Crippen LogP contribution is -2.25. The number of halogens is 2. The van der Waals surface area contributed by atoms with Crippen molar-refractivity contribution in [1.82, 2.24) is 15.3 Å². The van der Waals surface area contributed by atoms with Crippen LogP contribution in [0.15, 0.2) is 39.7 Å². The number of aromatic amines is 1. The van der Waals surface area contributed by atoms with E-state index >= 15 is 0 Å². The van der Waals surface area contributed by atoms with Crippen molar-refractivity contribution in [3.05, 3.63) is 50.9 Å². The molecule has 0 atom stereocenters. The number of carbonyl (C=O) groups is 1. The van der Waals surface area contributed by atoms with Crippen LogP contribution >= 0.6 is 31.9 Å². The highest BCUT2D eigenvalue weighted by atomic mass is 79.9. The van der Waals surface area contributed by atoms with Gasteiger partial charge in [-0.05, 0) is 18.2 Å². The van der Waals surface area contributed by atoms with E-state index in [1.807, 2.05) is 6.07 Å². The summed E-state index contributed by atoms with van der Waals surface area (Å²) in [4.78, 5) is 18.8. The number of amides is 1. The molecule has 0 saturated heterocycles. The summed E-state index contributed by atoms with van der Waals surface area (Å²) in [6.07, 6.45) is 4.12. The third-order valence-electron chi connectivity index (χ3n) is 2.36. The number of rotatable bonds is 4. The van der Waals surface area contributed by atoms with Gasteiger partial charge in [-0.2, -0.15) is 0 Å². The van der Waals surface area contributed by atoms with Crippen molar-refractivity contribution in [3.8, 4) is 0 Å². The molecule has 0 radical (unpaired) electrons. The largest absolute Gasteiger partial charge is 0.352 e. The average molecular weight is 373 g/mol. The molecular weight excluding hydrogens is 362 g/mol. The lowest BCUT2D eigenvalue weighted by Gasteiger charge is -2.05. The Morgan fingerprint density at radius 3 is 2.61 bits per heavy atom. The molecule has 1 aromatic carbocycles. The second-order valence-corrected chi connectivity index (χ2v) is 5.57. The molecule has 6 heteroatoms. The van der Waals surface area contributed by atoms with Crippen LogP contribution in [0.3, 0.4) is 0 Å². The highest BCUT2D eigenvalue weighted by Crippen LogP contribution is 2.19. The number of H-pyrrole nitrogens is 1. The number of aromatic nitrogens is 2. The van der Waals surface area contributed by atoms with Crippen LogP contribution in [0.25, 0.3) is 0 Å². The maximum atomic E-state index is 11.9. The molecule has 1 amide bonds. The lowest BCUT2D eigenvalue weighted by molar-refractivity contribution is 0.0954. The summed E-state index contributed by atoms with van der Waals surface area (Å²) in [6, 6.07) is 5.47. The minimum Gasteiger partial charge on any atom is -0.352 e. The first-order valence-corrected chi connectivity index (χ1v) is 6.95. The summed E-state index contributed by atoms with van der Waals surface area (Å²) in [5.41, 5.74) is 1.63. The van der Waals surface area contributed by atoms with Gasteiger partial charge in [-0.25, -0.2) is 4.98 Å². The van der Waals surface area contributed by atoms with Gasteiger partial charge >= 0.3 is 0 Å². The normalized spacial score (nSPS) is 10.3. The number of nitrogens with zero attached hydrogens (tertiary/aromatic N) is 1. The fourth-order valence-electron chi connectivity index (χ4n) is 1.52. The fraction of sp³-hybridized carbons (Fsp3) is 0.167. The Balaban J connectivity index is 1.91. The topological polar surface area (TPSA) is 57.8 Å². The van der Waals surface area contributed by atoms with Crippen molar-refractivity contribution in [1.29, 1.82) is 0 Å². The van der Waals surface area contributed by atoms with Crippen molar-refractivity contribution in [2.75, 3.05) is 6.54 Å². The summed E-state index contributed by atoms with van der Waals surface area (Å²) in [7, 11) is 0. The first-order chi connectivity index (χ1) is 8.65. The third-order valence-corrected chi connectivity index (χ3v) is 3.28. The van der Waals surface area contributed by atoms with Crippen molar-refractivity contribution < 1.29 is 4.79 Å². The van der Waals surface area contributed by atoms with Gasteiger partial charge in [0.05, 0.1) is 6.33 Å². The van der Waals surface area contributed by atoms with Gasteiger partial charge in [-0.15, -0.1) is 0 Å². The lowest BCUT2D eigenvalue weighted by atomic mass is 10.2. The van der Waals surface area contributed by atoms with E-state index in [1.165, 1.54) is 0 Å². The molecule has 1 aromatic heterocycles. The van der Waals surface area contributed by atoms with Crippen LogP contribution in [-0.4, -0.2) is 22.4 Å². The summed E-state index contributed by atoms with van der Waals surface area (Å²) < 4.78 is 1.74. The van der Waals surface area contributed by atoms with Crippen LogP contribution in [-0.2, 0) is 6.42 Å². The smallest absolute Gasteiger partial charge is 0.251 e. The summed E-state index contributed by atoms with van der Waals surface area (Å²) in [6.45, 7) is 0.575. The van der Waals surface area contributed by atoms with Crippen LogP contribution in [0.5, 0.6) is 0 Å². The Morgan fingerprint density at radius 1 is 1.28 bits per heavy atom. The van der Waals surface area contributed by atoms with Gasteiger partial charge in [-0.1, -0.05) is 31.9 Å². The van der Waals surface area contributed by atoms with Crippen LogP contribution in [0.2, 0.25) is 0 Å². The molecule has 0 fully saturated rings. The van der Waals surface area contributed by atoms with Crippen molar-refractivity contribution in [2.45, 2.75) is 6.42 Å². The van der Waals surface area contributed by atoms with E-state index in [1.54, 1.807) is 24.7 Å². The summed E-state index contributed by atoms with van der Waals surface area (Å²) >= 11 is 6.72. The number of hydrogen-bond donors (Lipinski definition) is 2. The molecule has 0 saturated carbocycles. The Morgan fingerprint density at radius 2 is 2.00 bits per heavy atom. The van der Waals surface area contributed by atoms with Crippen LogP contribution < -0.4 is 5.32 Å². The van der Waals surface area contributed by atoms with Gasteiger partial charge in [0.2, 0.25) is 0 Å². The maximum absolute atomic E-state index is 11.9. The Labute approximate surface area is 121 Å². The highest BCUT2D eigenvalue weighted by molar-refractivity contribution is 9.11. The van der Waals surface area contributed by atoms with Gasteiger partial charge in [0.15, 0.2) is 0 Å². The zero-order chi connectivity index (χ0) is 13.0. The molecule has 0 bridgehead atoms. The van der Waals surface area contributed by atoms with Crippen LogP contribution in [0.4, 0.5) is 0 Å². The van der Waals surface area contributed by atoms with Crippen LogP contribution in [0, 0.1) is 0 Å². The van der Waals surface area contributed by atoms with E-state index in [-0.39, 0.29) is 5.91 Å². The maximum Gasteiger partial charge on any atom is 0.251 e. The van der Waals surface area contributed by atoms with Crippen LogP contribution in [0.1, 0.15) is 16.1 Å². The Bertz CT molecular complexity index is 520. The highest BCUT2D eigenvalue weighted by Gasteiger charge is 2.07. The quantitative estimate of drug-likeness (QED) is 0.866. The number of hydrogen-bond acceptors (Lipinski definition) is 2. The summed E-state index contributed by atoms with van der Waals surface area (Å²) in [5, 5.41) is 2.86. The fourth-order valence-corrected chi connectivity index (χ4v) is 2.81. The van der Waals surface area contributed by atoms with Gasteiger partial charge in [-0.3, -0.25) is 4.79 Å². The molecular formula is C12H11Br2N3O. The van der Waals surface area contributed by atoms with Crippen molar-refractivity contribution in [2.24, 2.45) is 0 Å². The predicted molar refractivity (Wildman–Crippen MR) is 76.5 cm³/mol. The first kappa shape index (κ1) is 13.3. The molecule has 0 aliphatic carbocycles. The second kappa shape index (κ2) is 6.15. The van der Waals surface area contributed by atoms with Crippen molar-refractivity contribution >= 4 is 37.8 Å². The third kappa shape index (κ3) is 3.68. The van der Waals surface area contributed by atoms with E-state index < -0.39 is 0 Å². The minimum atomic E-state index is -0.0866. The molecule has 2 rings (SSSR count). The predicted octanol–water partition coefficient (Wildman–Crippen LogP) is 2.91. The van der Waals surface area contributed by atoms with E-state index in [2.05, 4.69) is 47.1 Å². The van der Waals surface area contributed by atoms with Gasteiger partial charge in [0, 0.05) is 39.4 Å². The van der Waals surface area contributed by atoms with E-state index in [9.17, 15) is 4.79 Å². The van der Waals surface area contributed by atoms with Gasteiger partial charge in [0.25, 0.3) is 5.91 Å². The molecule has 4 nitrogen and oxygen atoms in total. The van der Waals surface area contributed by atoms with Gasteiger partial charge < -0.3 is 10.3 Å². The molecule has 18 heavy (non-hydrogen) atoms. The number of benzene rings is 1. The Kier molecular flexibility index (Phi) is 4.54. The zero-order valence-corrected chi connectivity index (χ0v) is 12.6. The number of imidazole rings is 1. The number of carbonyl (C=O) groups excluding carboxylic acids is 1. The van der Waals surface area contributed by atoms with Gasteiger partial charge in [0.1, 0.15) is 0 Å². The van der Waals surface area contributed by atoms with E-state index in [4.69, 9.17) is 0 Å². The molecule has 2 aromatic rings. The standard InChI is InChI=1S/C12H11Br2N3O/c13-9-3-8(4-10(14)5-9)12(18)16-2-1-11-6-15-7-17-11/h3-7H,1-2H2,(H,15,17)(H,16,18). The monoisotopic (exact) mass is 371 g/mol. The number of nitrogens with one attached hydrogen (secondary N) is 2. The second-order valence-electron chi connectivity index (χ2n) is 3.74. The Hall–Kier alpha value is -1.14. The molecule has 0 aliphatic rings. The zero-order valence-electron chi connectivity index (χ0n) is 9.41. The first-order valence-electron chi connectivity index (χ1n) is 5.36. The molecule has 94 valence electrons. The molecule has 1 heterocycles. The van der Waals surface area contributed by atoms with Crippen molar-refractivity contribution in [3.63, 3.8) is 0 Å². The molecule has 2 N–H and O–H groups in total. The SMILES string of the molecule is O=C(NCCc1cnc[nH]1)c1cc(Br)cc(Br)c1. The molecule has 0 unspecified atom stereocenters. The van der Waals surface area contributed by atoms with E-state index in [0.29, 0.717) is 12.1 Å².